The number of nitrogens with one attached hydrogen (secondary N) is 1. The van der Waals surface area contributed by atoms with Crippen LogP contribution in [0.5, 0.6) is 0 Å². The van der Waals surface area contributed by atoms with E-state index in [1.54, 1.807) is 6.07 Å². The third kappa shape index (κ3) is 4.44. The summed E-state index contributed by atoms with van der Waals surface area (Å²) >= 11 is 0. The maximum atomic E-state index is 13.8. The Hall–Kier alpha value is -3.23. The number of aromatic nitrogens is 2. The minimum absolute atomic E-state index is 0.00155. The molecular formula is C17H19FN4O4. The van der Waals surface area contributed by atoms with Crippen molar-refractivity contribution in [2.24, 2.45) is 0 Å². The fourth-order valence-corrected chi connectivity index (χ4v) is 2.31. The zero-order chi connectivity index (χ0) is 19.3. The Bertz CT molecular complexity index is 821. The van der Waals surface area contributed by atoms with Crippen LogP contribution in [-0.4, -0.2) is 56.7 Å². The SMILES string of the molecule is CC(=O)NCCN(C(=O)c1ccn(-c2ccccc2F)n1)C(C)C(=O)O. The number of aliphatic carboxylic acids is 1. The Balaban J connectivity index is 2.23. The van der Waals surface area contributed by atoms with Crippen LogP contribution >= 0.6 is 0 Å². The molecule has 0 saturated heterocycles. The Morgan fingerprint density at radius 3 is 2.62 bits per heavy atom. The van der Waals surface area contributed by atoms with Crippen LogP contribution in [0.2, 0.25) is 0 Å². The summed E-state index contributed by atoms with van der Waals surface area (Å²) in [4.78, 5) is 36.0. The molecule has 9 heteroatoms. The topological polar surface area (TPSA) is 105 Å². The summed E-state index contributed by atoms with van der Waals surface area (Å²) < 4.78 is 15.1. The third-order valence-electron chi connectivity index (χ3n) is 3.72. The Kier molecular flexibility index (Phi) is 6.05. The van der Waals surface area contributed by atoms with Crippen molar-refractivity contribution < 1.29 is 23.9 Å². The zero-order valence-corrected chi connectivity index (χ0v) is 14.3. The molecule has 1 unspecified atom stereocenters. The number of carbonyl (C=O) groups is 3. The van der Waals surface area contributed by atoms with Crippen molar-refractivity contribution in [3.8, 4) is 5.69 Å². The normalized spacial score (nSPS) is 11.7. The van der Waals surface area contributed by atoms with Crippen LogP contribution < -0.4 is 5.32 Å². The van der Waals surface area contributed by atoms with Crippen LogP contribution in [0.15, 0.2) is 36.5 Å². The number of carboxylic acid groups (broad SMARTS) is 1. The second-order valence-electron chi connectivity index (χ2n) is 5.59. The maximum Gasteiger partial charge on any atom is 0.326 e. The third-order valence-corrected chi connectivity index (χ3v) is 3.72. The average molecular weight is 362 g/mol. The first-order chi connectivity index (χ1) is 12.3. The molecule has 2 N–H and O–H groups in total. The molecule has 1 aromatic heterocycles. The molecular weight excluding hydrogens is 343 g/mol. The number of para-hydroxylation sites is 1. The number of carbonyl (C=O) groups excluding carboxylic acids is 2. The molecule has 0 aliphatic rings. The van der Waals surface area contributed by atoms with Crippen molar-refractivity contribution in [3.05, 3.63) is 48.0 Å². The van der Waals surface area contributed by atoms with Crippen molar-refractivity contribution >= 4 is 17.8 Å². The van der Waals surface area contributed by atoms with Crippen molar-refractivity contribution in [3.63, 3.8) is 0 Å². The first-order valence-corrected chi connectivity index (χ1v) is 7.90. The zero-order valence-electron chi connectivity index (χ0n) is 14.3. The second kappa shape index (κ2) is 8.24. The van der Waals surface area contributed by atoms with Gasteiger partial charge in [0.15, 0.2) is 5.69 Å². The smallest absolute Gasteiger partial charge is 0.326 e. The molecule has 2 rings (SSSR count). The van der Waals surface area contributed by atoms with Crippen LogP contribution in [0, 0.1) is 5.82 Å². The minimum atomic E-state index is -1.19. The highest BCUT2D eigenvalue weighted by atomic mass is 19.1. The lowest BCUT2D eigenvalue weighted by Gasteiger charge is -2.25. The maximum absolute atomic E-state index is 13.8. The fraction of sp³-hybridized carbons (Fsp3) is 0.294. The molecule has 0 fully saturated rings. The molecule has 0 spiro atoms. The van der Waals surface area contributed by atoms with E-state index in [-0.39, 0.29) is 30.4 Å². The molecule has 0 radical (unpaired) electrons. The van der Waals surface area contributed by atoms with Gasteiger partial charge in [-0.25, -0.2) is 13.9 Å². The molecule has 0 saturated carbocycles. The fourth-order valence-electron chi connectivity index (χ4n) is 2.31. The van der Waals surface area contributed by atoms with E-state index in [1.165, 1.54) is 49.0 Å². The van der Waals surface area contributed by atoms with Gasteiger partial charge in [-0.05, 0) is 25.1 Å². The number of hydrogen-bond donors (Lipinski definition) is 2. The Labute approximate surface area is 149 Å². The van der Waals surface area contributed by atoms with E-state index in [4.69, 9.17) is 0 Å². The number of carboxylic acids is 1. The highest BCUT2D eigenvalue weighted by Gasteiger charge is 2.27. The highest BCUT2D eigenvalue weighted by molar-refractivity contribution is 5.95. The number of benzene rings is 1. The molecule has 8 nitrogen and oxygen atoms in total. The Morgan fingerprint density at radius 1 is 1.31 bits per heavy atom. The molecule has 2 amide bonds. The van der Waals surface area contributed by atoms with E-state index in [0.717, 1.165) is 4.90 Å². The molecule has 0 aliphatic heterocycles. The number of amides is 2. The summed E-state index contributed by atoms with van der Waals surface area (Å²) in [5.41, 5.74) is 0.145. The van der Waals surface area contributed by atoms with E-state index in [0.29, 0.717) is 0 Å². The number of hydrogen-bond acceptors (Lipinski definition) is 4. The Morgan fingerprint density at radius 2 is 2.00 bits per heavy atom. The lowest BCUT2D eigenvalue weighted by atomic mass is 10.2. The number of halogens is 1. The standard InChI is InChI=1S/C17H19FN4O4/c1-11(17(25)26)21(10-8-19-12(2)23)16(24)14-7-9-22(20-14)15-6-4-3-5-13(15)18/h3-7,9,11H,8,10H2,1-2H3,(H,19,23)(H,25,26). The molecule has 26 heavy (non-hydrogen) atoms. The van der Waals surface area contributed by atoms with Gasteiger partial charge in [-0.15, -0.1) is 0 Å². The van der Waals surface area contributed by atoms with Gasteiger partial charge in [0.1, 0.15) is 17.5 Å². The van der Waals surface area contributed by atoms with Gasteiger partial charge in [0.05, 0.1) is 0 Å². The summed E-state index contributed by atoms with van der Waals surface area (Å²) in [6, 6.07) is 6.21. The van der Waals surface area contributed by atoms with Gasteiger partial charge >= 0.3 is 5.97 Å². The van der Waals surface area contributed by atoms with E-state index in [2.05, 4.69) is 10.4 Å². The predicted octanol–water partition coefficient (Wildman–Crippen LogP) is 1.06. The van der Waals surface area contributed by atoms with Gasteiger partial charge in [0.2, 0.25) is 5.91 Å². The van der Waals surface area contributed by atoms with E-state index < -0.39 is 23.7 Å². The molecule has 1 atom stereocenters. The first kappa shape index (κ1) is 19.1. The van der Waals surface area contributed by atoms with Crippen molar-refractivity contribution in [1.29, 1.82) is 0 Å². The van der Waals surface area contributed by atoms with Gasteiger partial charge in [0.25, 0.3) is 5.91 Å². The number of rotatable bonds is 7. The van der Waals surface area contributed by atoms with Crippen LogP contribution in [0.4, 0.5) is 4.39 Å². The summed E-state index contributed by atoms with van der Waals surface area (Å²) in [5, 5.41) is 15.8. The van der Waals surface area contributed by atoms with E-state index in [9.17, 15) is 23.9 Å². The summed E-state index contributed by atoms with van der Waals surface area (Å²) in [6.45, 7) is 2.79. The molecule has 1 heterocycles. The lowest BCUT2D eigenvalue weighted by Crippen LogP contribution is -2.46. The van der Waals surface area contributed by atoms with Gasteiger partial charge in [0, 0.05) is 26.2 Å². The quantitative estimate of drug-likeness (QED) is 0.766. The van der Waals surface area contributed by atoms with Crippen molar-refractivity contribution in [1.82, 2.24) is 20.0 Å². The molecule has 2 aromatic rings. The van der Waals surface area contributed by atoms with Crippen LogP contribution in [0.25, 0.3) is 5.69 Å². The molecule has 0 aliphatic carbocycles. The summed E-state index contributed by atoms with van der Waals surface area (Å²) in [5.74, 6) is -2.60. The molecule has 138 valence electrons. The molecule has 0 bridgehead atoms. The summed E-state index contributed by atoms with van der Waals surface area (Å²) in [7, 11) is 0. The monoisotopic (exact) mass is 362 g/mol. The van der Waals surface area contributed by atoms with E-state index in [1.807, 2.05) is 0 Å². The van der Waals surface area contributed by atoms with Gasteiger partial charge in [-0.1, -0.05) is 12.1 Å². The second-order valence-corrected chi connectivity index (χ2v) is 5.59. The van der Waals surface area contributed by atoms with Crippen molar-refractivity contribution in [2.45, 2.75) is 19.9 Å². The van der Waals surface area contributed by atoms with Gasteiger partial charge < -0.3 is 15.3 Å². The van der Waals surface area contributed by atoms with Crippen molar-refractivity contribution in [2.75, 3.05) is 13.1 Å². The lowest BCUT2D eigenvalue weighted by molar-refractivity contribution is -0.141. The number of nitrogens with zero attached hydrogens (tertiary/aromatic N) is 3. The average Bonchev–Trinajstić information content (AvgIpc) is 3.07. The first-order valence-electron chi connectivity index (χ1n) is 7.90. The predicted molar refractivity (Wildman–Crippen MR) is 90.3 cm³/mol. The van der Waals surface area contributed by atoms with Crippen LogP contribution in [0.3, 0.4) is 0 Å². The summed E-state index contributed by atoms with van der Waals surface area (Å²) in [6.07, 6.45) is 1.42. The molecule has 1 aromatic carbocycles. The highest BCUT2D eigenvalue weighted by Crippen LogP contribution is 2.14. The van der Waals surface area contributed by atoms with Gasteiger partial charge in [-0.3, -0.25) is 9.59 Å². The van der Waals surface area contributed by atoms with E-state index >= 15 is 0 Å². The van der Waals surface area contributed by atoms with Crippen LogP contribution in [-0.2, 0) is 9.59 Å². The van der Waals surface area contributed by atoms with Crippen LogP contribution in [0.1, 0.15) is 24.3 Å². The largest absolute Gasteiger partial charge is 0.480 e. The van der Waals surface area contributed by atoms with Gasteiger partial charge in [-0.2, -0.15) is 5.10 Å². The minimum Gasteiger partial charge on any atom is -0.480 e.